The van der Waals surface area contributed by atoms with Gasteiger partial charge in [-0.1, -0.05) is 12.1 Å². The smallest absolute Gasteiger partial charge is 0.237 e. The highest BCUT2D eigenvalue weighted by molar-refractivity contribution is 6.10. The number of oxazole rings is 1. The van der Waals surface area contributed by atoms with Crippen LogP contribution in [0.5, 0.6) is 0 Å². The van der Waals surface area contributed by atoms with Gasteiger partial charge in [0.25, 0.3) is 0 Å². The van der Waals surface area contributed by atoms with Crippen LogP contribution < -0.4 is 5.43 Å². The Labute approximate surface area is 116 Å². The molecule has 6 nitrogen and oxygen atoms in total. The second-order valence-electron chi connectivity index (χ2n) is 4.00. The molecule has 2 rings (SSSR count). The number of para-hydroxylation sites is 1. The molecule has 0 amide bonds. The molecule has 0 bridgehead atoms. The van der Waals surface area contributed by atoms with Gasteiger partial charge in [-0.05, 0) is 26.0 Å². The zero-order valence-electron chi connectivity index (χ0n) is 11.0. The number of nitriles is 2. The van der Waals surface area contributed by atoms with Gasteiger partial charge in [0.15, 0.2) is 0 Å². The Hall–Kier alpha value is -3.12. The van der Waals surface area contributed by atoms with Crippen molar-refractivity contribution < 1.29 is 4.42 Å². The number of benzene rings is 1. The van der Waals surface area contributed by atoms with E-state index in [0.29, 0.717) is 17.1 Å². The quantitative estimate of drug-likeness (QED) is 0.679. The van der Waals surface area contributed by atoms with Crippen molar-refractivity contribution in [2.24, 2.45) is 5.10 Å². The summed E-state index contributed by atoms with van der Waals surface area (Å²) in [5.74, 6) is 1.21. The van der Waals surface area contributed by atoms with Gasteiger partial charge in [0, 0.05) is 0 Å². The van der Waals surface area contributed by atoms with Gasteiger partial charge in [0.2, 0.25) is 11.6 Å². The molecule has 0 saturated heterocycles. The third kappa shape index (κ3) is 2.65. The number of anilines is 1. The summed E-state index contributed by atoms with van der Waals surface area (Å²) in [5.41, 5.74) is 4.57. The molecule has 0 aliphatic heterocycles. The lowest BCUT2D eigenvalue weighted by Gasteiger charge is -2.04. The van der Waals surface area contributed by atoms with Gasteiger partial charge in [-0.3, -0.25) is 5.43 Å². The maximum Gasteiger partial charge on any atom is 0.237 e. The van der Waals surface area contributed by atoms with Gasteiger partial charge < -0.3 is 4.42 Å². The standard InChI is InChI=1S/C14H11N5O/c1-9-10(2)20-14(17-9)12-5-3-4-6-13(12)19-18-11(7-15)8-16/h3-6,19H,1-2H3. The van der Waals surface area contributed by atoms with Crippen LogP contribution in [0.1, 0.15) is 11.5 Å². The van der Waals surface area contributed by atoms with Crippen LogP contribution >= 0.6 is 0 Å². The summed E-state index contributed by atoms with van der Waals surface area (Å²) >= 11 is 0. The second kappa shape index (κ2) is 5.68. The second-order valence-corrected chi connectivity index (χ2v) is 4.00. The number of nitrogens with zero attached hydrogens (tertiary/aromatic N) is 4. The molecule has 2 aromatic rings. The lowest BCUT2D eigenvalue weighted by atomic mass is 10.2. The van der Waals surface area contributed by atoms with Crippen LogP contribution in [0, 0.1) is 36.5 Å². The minimum Gasteiger partial charge on any atom is -0.441 e. The summed E-state index contributed by atoms with van der Waals surface area (Å²) in [5, 5.41) is 21.0. The van der Waals surface area contributed by atoms with Gasteiger partial charge in [-0.2, -0.15) is 15.6 Å². The first-order valence-corrected chi connectivity index (χ1v) is 5.83. The van der Waals surface area contributed by atoms with Crippen molar-refractivity contribution in [1.82, 2.24) is 4.98 Å². The third-order valence-electron chi connectivity index (χ3n) is 2.69. The molecule has 0 atom stereocenters. The summed E-state index contributed by atoms with van der Waals surface area (Å²) in [6, 6.07) is 10.6. The first-order chi connectivity index (χ1) is 9.65. The Balaban J connectivity index is 2.39. The lowest BCUT2D eigenvalue weighted by molar-refractivity contribution is 0.541. The molecule has 0 fully saturated rings. The van der Waals surface area contributed by atoms with Gasteiger partial charge in [0.05, 0.1) is 16.9 Å². The first kappa shape index (κ1) is 13.3. The number of hydrogen-bond acceptors (Lipinski definition) is 6. The molecule has 0 aliphatic carbocycles. The van der Waals surface area contributed by atoms with Crippen LogP contribution in [0.25, 0.3) is 11.5 Å². The number of rotatable bonds is 3. The fourth-order valence-corrected chi connectivity index (χ4v) is 1.55. The summed E-state index contributed by atoms with van der Waals surface area (Å²) in [7, 11) is 0. The maximum atomic E-state index is 8.66. The molecule has 0 saturated carbocycles. The molecule has 1 N–H and O–H groups in total. The highest BCUT2D eigenvalue weighted by atomic mass is 16.4. The minimum atomic E-state index is -0.250. The molecule has 0 spiro atoms. The van der Waals surface area contributed by atoms with Gasteiger partial charge in [-0.25, -0.2) is 4.98 Å². The largest absolute Gasteiger partial charge is 0.441 e. The molecule has 0 radical (unpaired) electrons. The van der Waals surface area contributed by atoms with E-state index in [2.05, 4.69) is 15.5 Å². The molecule has 1 heterocycles. The van der Waals surface area contributed by atoms with Crippen LogP contribution in [0.15, 0.2) is 33.8 Å². The Kier molecular flexibility index (Phi) is 3.78. The summed E-state index contributed by atoms with van der Waals surface area (Å²) in [6.07, 6.45) is 0. The van der Waals surface area contributed by atoms with Crippen LogP contribution in [-0.2, 0) is 0 Å². The van der Waals surface area contributed by atoms with Crippen molar-refractivity contribution in [1.29, 1.82) is 10.5 Å². The van der Waals surface area contributed by atoms with E-state index >= 15 is 0 Å². The van der Waals surface area contributed by atoms with Crippen LogP contribution in [0.4, 0.5) is 5.69 Å². The third-order valence-corrected chi connectivity index (χ3v) is 2.69. The lowest BCUT2D eigenvalue weighted by Crippen LogP contribution is -1.97. The van der Waals surface area contributed by atoms with E-state index in [4.69, 9.17) is 14.9 Å². The van der Waals surface area contributed by atoms with Crippen molar-refractivity contribution >= 4 is 11.4 Å². The van der Waals surface area contributed by atoms with Crippen molar-refractivity contribution in [2.75, 3.05) is 5.43 Å². The molecular formula is C14H11N5O. The minimum absolute atomic E-state index is 0.250. The van der Waals surface area contributed by atoms with Crippen molar-refractivity contribution in [3.05, 3.63) is 35.7 Å². The molecule has 0 unspecified atom stereocenters. The highest BCUT2D eigenvalue weighted by Crippen LogP contribution is 2.28. The zero-order valence-corrected chi connectivity index (χ0v) is 11.0. The molecule has 6 heteroatoms. The highest BCUT2D eigenvalue weighted by Gasteiger charge is 2.12. The Morgan fingerprint density at radius 2 is 1.95 bits per heavy atom. The summed E-state index contributed by atoms with van der Waals surface area (Å²) < 4.78 is 5.57. The summed E-state index contributed by atoms with van der Waals surface area (Å²) in [4.78, 5) is 4.32. The monoisotopic (exact) mass is 265 g/mol. The van der Waals surface area contributed by atoms with E-state index < -0.39 is 0 Å². The first-order valence-electron chi connectivity index (χ1n) is 5.83. The number of hydrogen-bond donors (Lipinski definition) is 1. The van der Waals surface area contributed by atoms with E-state index in [-0.39, 0.29) is 5.71 Å². The Morgan fingerprint density at radius 3 is 2.55 bits per heavy atom. The van der Waals surface area contributed by atoms with E-state index in [1.807, 2.05) is 32.0 Å². The molecular weight excluding hydrogens is 254 g/mol. The Morgan fingerprint density at radius 1 is 1.25 bits per heavy atom. The van der Waals surface area contributed by atoms with Crippen molar-refractivity contribution in [3.63, 3.8) is 0 Å². The molecule has 20 heavy (non-hydrogen) atoms. The van der Waals surface area contributed by atoms with Gasteiger partial charge >= 0.3 is 0 Å². The fourth-order valence-electron chi connectivity index (χ4n) is 1.55. The SMILES string of the molecule is Cc1nc(-c2ccccc2NN=C(C#N)C#N)oc1C. The fraction of sp³-hybridized carbons (Fsp3) is 0.143. The van der Waals surface area contributed by atoms with Crippen molar-refractivity contribution in [2.45, 2.75) is 13.8 Å². The van der Waals surface area contributed by atoms with E-state index in [1.165, 1.54) is 0 Å². The van der Waals surface area contributed by atoms with E-state index in [9.17, 15) is 0 Å². The number of hydrazone groups is 1. The molecule has 0 aliphatic rings. The average molecular weight is 265 g/mol. The summed E-state index contributed by atoms with van der Waals surface area (Å²) in [6.45, 7) is 3.70. The predicted molar refractivity (Wildman–Crippen MR) is 73.7 cm³/mol. The Bertz CT molecular complexity index is 710. The van der Waals surface area contributed by atoms with Crippen molar-refractivity contribution in [3.8, 4) is 23.6 Å². The number of aryl methyl sites for hydroxylation is 2. The number of nitrogens with one attached hydrogen (secondary N) is 1. The van der Waals surface area contributed by atoms with E-state index in [1.54, 1.807) is 18.2 Å². The predicted octanol–water partition coefficient (Wildman–Crippen LogP) is 2.77. The van der Waals surface area contributed by atoms with Gasteiger partial charge in [-0.15, -0.1) is 0 Å². The van der Waals surface area contributed by atoms with Gasteiger partial charge in [0.1, 0.15) is 17.9 Å². The molecule has 1 aromatic heterocycles. The van der Waals surface area contributed by atoms with Crippen LogP contribution in [0.2, 0.25) is 0 Å². The average Bonchev–Trinajstić information content (AvgIpc) is 2.80. The maximum absolute atomic E-state index is 8.66. The topological polar surface area (TPSA) is 98.0 Å². The number of aromatic nitrogens is 1. The zero-order chi connectivity index (χ0) is 14.5. The van der Waals surface area contributed by atoms with Crippen LogP contribution in [0.3, 0.4) is 0 Å². The molecule has 1 aromatic carbocycles. The normalized spacial score (nSPS) is 9.40. The van der Waals surface area contributed by atoms with E-state index in [0.717, 1.165) is 11.5 Å². The molecule has 98 valence electrons. The van der Waals surface area contributed by atoms with Crippen LogP contribution in [-0.4, -0.2) is 10.7 Å².